The molecule has 3 saturated carbocycles. The van der Waals surface area contributed by atoms with Crippen LogP contribution in [0.4, 0.5) is 24.7 Å². The predicted molar refractivity (Wildman–Crippen MR) is 157 cm³/mol. The molecule has 44 heavy (non-hydrogen) atoms. The summed E-state index contributed by atoms with van der Waals surface area (Å²) in [5.74, 6) is -1.29. The lowest BCUT2D eigenvalue weighted by molar-refractivity contribution is -0.172. The maximum absolute atomic E-state index is 13.9. The number of morpholine rings is 1. The number of carbonyl (C=O) groups is 2. The fourth-order valence-corrected chi connectivity index (χ4v) is 8.37. The van der Waals surface area contributed by atoms with Gasteiger partial charge in [0.25, 0.3) is 5.91 Å². The maximum atomic E-state index is 13.9. The lowest BCUT2D eigenvalue weighted by atomic mass is 9.43. The second-order valence-corrected chi connectivity index (χ2v) is 13.3. The smallest absolute Gasteiger partial charge is 0.417 e. The average molecular weight is 678 g/mol. The third-order valence-corrected chi connectivity index (χ3v) is 10.5. The summed E-state index contributed by atoms with van der Waals surface area (Å²) in [5, 5.41) is 9.19. The molecule has 1 aromatic heterocycles. The average Bonchev–Trinajstić information content (AvgIpc) is 3.57. The topological polar surface area (TPSA) is 118 Å². The Labute approximate surface area is 260 Å². The van der Waals surface area contributed by atoms with Gasteiger partial charge in [0, 0.05) is 34.3 Å². The molecule has 1 aromatic carbocycles. The number of ether oxygens (including phenoxy) is 2. The zero-order chi connectivity index (χ0) is 30.9. The summed E-state index contributed by atoms with van der Waals surface area (Å²) in [4.78, 5) is 38.5. The molecule has 4 fully saturated rings. The second-order valence-electron chi connectivity index (χ2n) is 12.5. The standard InChI is InChI=1S/C30H32BrF3N6O4/c1-43-27-22(24(35-15-36-27)39-28-12-29(13-28,14-28)40-6-8-44-9-7-40)26(42)38-23-17-3-2-16(10-17)21(23)25(41)37-18-4-5-20(31)19(11-18)30(32,33)34/h4-5,10-11,15-16,21,23H,2-3,6-9,12-14H2,1H3,(H,37,41)(H,38,42)(H,35,36,39)/t16-,21+,23-,28?,29?/m1/s1. The Balaban J connectivity index is 1.08. The van der Waals surface area contributed by atoms with Crippen molar-refractivity contribution in [1.82, 2.24) is 20.2 Å². The molecule has 2 aromatic rings. The number of fused-ring (bicyclic) bond motifs is 1. The van der Waals surface area contributed by atoms with E-state index in [-0.39, 0.29) is 38.6 Å². The van der Waals surface area contributed by atoms with E-state index in [2.05, 4.69) is 46.7 Å². The Kier molecular flexibility index (Phi) is 7.16. The molecule has 4 bridgehead atoms. The third kappa shape index (κ3) is 4.94. The van der Waals surface area contributed by atoms with Crippen LogP contribution in [0.1, 0.15) is 48.0 Å². The van der Waals surface area contributed by atoms with Crippen molar-refractivity contribution < 1.29 is 32.2 Å². The van der Waals surface area contributed by atoms with E-state index in [0.29, 0.717) is 5.82 Å². The van der Waals surface area contributed by atoms with E-state index in [9.17, 15) is 22.8 Å². The fourth-order valence-electron chi connectivity index (χ4n) is 7.90. The van der Waals surface area contributed by atoms with Crippen LogP contribution in [0, 0.1) is 11.8 Å². The Bertz CT molecular complexity index is 1530. The van der Waals surface area contributed by atoms with Gasteiger partial charge in [-0.05, 0) is 56.2 Å². The molecular weight excluding hydrogens is 645 g/mol. The number of hydrogen-bond acceptors (Lipinski definition) is 8. The van der Waals surface area contributed by atoms with Gasteiger partial charge in [-0.2, -0.15) is 13.2 Å². The minimum absolute atomic E-state index is 0.0291. The maximum Gasteiger partial charge on any atom is 0.417 e. The minimum atomic E-state index is -4.59. The van der Waals surface area contributed by atoms with Gasteiger partial charge in [0.2, 0.25) is 11.8 Å². The highest BCUT2D eigenvalue weighted by atomic mass is 79.9. The van der Waals surface area contributed by atoms with Gasteiger partial charge in [0.15, 0.2) is 0 Å². The van der Waals surface area contributed by atoms with Crippen LogP contribution in [0.3, 0.4) is 0 Å². The molecule has 0 radical (unpaired) electrons. The first-order valence-electron chi connectivity index (χ1n) is 14.7. The Hall–Kier alpha value is -3.23. The molecule has 0 spiro atoms. The number of aromatic nitrogens is 2. The number of carbonyl (C=O) groups excluding carboxylic acids is 2. The van der Waals surface area contributed by atoms with Crippen LogP contribution in [0.25, 0.3) is 0 Å². The minimum Gasteiger partial charge on any atom is -0.480 e. The first-order valence-corrected chi connectivity index (χ1v) is 15.5. The lowest BCUT2D eigenvalue weighted by Crippen LogP contribution is -2.82. The summed E-state index contributed by atoms with van der Waals surface area (Å²) in [6.45, 7) is 3.32. The molecule has 0 unspecified atom stereocenters. The number of amides is 2. The number of benzene rings is 1. The van der Waals surface area contributed by atoms with Gasteiger partial charge >= 0.3 is 6.18 Å². The van der Waals surface area contributed by atoms with E-state index >= 15 is 0 Å². The van der Waals surface area contributed by atoms with Gasteiger partial charge in [-0.1, -0.05) is 27.6 Å². The SMILES string of the molecule is COc1ncnc(NC23CC(N4CCOCC4)(C2)C3)c1C(=O)N[C@@H]1C2=C[C@@H](CC2)[C@@H]1C(=O)Nc1ccc(Br)c(C(F)(F)F)c1. The van der Waals surface area contributed by atoms with Crippen LogP contribution in [-0.4, -0.2) is 77.2 Å². The van der Waals surface area contributed by atoms with Crippen molar-refractivity contribution in [3.8, 4) is 5.88 Å². The fraction of sp³-hybridized carbons (Fsp3) is 0.533. The van der Waals surface area contributed by atoms with Crippen LogP contribution < -0.4 is 20.7 Å². The van der Waals surface area contributed by atoms with Crippen molar-refractivity contribution in [2.75, 3.05) is 44.0 Å². The van der Waals surface area contributed by atoms with Crippen LogP contribution >= 0.6 is 15.9 Å². The number of anilines is 2. The largest absolute Gasteiger partial charge is 0.480 e. The molecule has 2 amide bonds. The first kappa shape index (κ1) is 29.5. The number of methoxy groups -OCH3 is 1. The van der Waals surface area contributed by atoms with Gasteiger partial charge in [0.05, 0.1) is 37.8 Å². The zero-order valence-electron chi connectivity index (χ0n) is 24.0. The van der Waals surface area contributed by atoms with Gasteiger partial charge in [-0.25, -0.2) is 9.97 Å². The summed E-state index contributed by atoms with van der Waals surface area (Å²) < 4.78 is 51.2. The number of nitrogens with one attached hydrogen (secondary N) is 3. The number of rotatable bonds is 8. The highest BCUT2D eigenvalue weighted by Gasteiger charge is 2.70. The summed E-state index contributed by atoms with van der Waals surface area (Å²) in [7, 11) is 1.43. The van der Waals surface area contributed by atoms with E-state index in [4.69, 9.17) is 9.47 Å². The van der Waals surface area contributed by atoms with Gasteiger partial charge in [0.1, 0.15) is 17.7 Å². The van der Waals surface area contributed by atoms with Crippen molar-refractivity contribution in [3.63, 3.8) is 0 Å². The number of halogens is 4. The molecule has 2 heterocycles. The summed E-state index contributed by atoms with van der Waals surface area (Å²) in [6, 6.07) is 2.94. The number of allylic oxidation sites excluding steroid dienone is 1. The normalized spacial score (nSPS) is 30.6. The van der Waals surface area contributed by atoms with Crippen LogP contribution in [0.15, 0.2) is 40.6 Å². The van der Waals surface area contributed by atoms with Crippen LogP contribution in [-0.2, 0) is 15.7 Å². The number of alkyl halides is 3. The van der Waals surface area contributed by atoms with E-state index in [1.165, 1.54) is 25.6 Å². The highest BCUT2D eigenvalue weighted by molar-refractivity contribution is 9.10. The van der Waals surface area contributed by atoms with Gasteiger partial charge in [-0.15, -0.1) is 0 Å². The van der Waals surface area contributed by atoms with Gasteiger partial charge < -0.3 is 25.4 Å². The van der Waals surface area contributed by atoms with Crippen molar-refractivity contribution in [3.05, 3.63) is 51.8 Å². The zero-order valence-corrected chi connectivity index (χ0v) is 25.6. The highest BCUT2D eigenvalue weighted by Crippen LogP contribution is 2.65. The molecule has 10 nitrogen and oxygen atoms in total. The molecule has 6 aliphatic rings. The Morgan fingerprint density at radius 3 is 2.61 bits per heavy atom. The van der Waals surface area contributed by atoms with Crippen molar-refractivity contribution in [2.45, 2.75) is 55.4 Å². The third-order valence-electron chi connectivity index (χ3n) is 9.84. The van der Waals surface area contributed by atoms with E-state index in [0.717, 1.165) is 70.0 Å². The Morgan fingerprint density at radius 1 is 1.16 bits per heavy atom. The van der Waals surface area contributed by atoms with Gasteiger partial charge in [-0.3, -0.25) is 14.5 Å². The molecule has 5 aliphatic carbocycles. The predicted octanol–water partition coefficient (Wildman–Crippen LogP) is 4.39. The number of nitrogens with zero attached hydrogens (tertiary/aromatic N) is 3. The first-order chi connectivity index (χ1) is 21.0. The molecule has 14 heteroatoms. The molecule has 234 valence electrons. The van der Waals surface area contributed by atoms with Crippen molar-refractivity contribution in [2.24, 2.45) is 11.8 Å². The molecule has 3 N–H and O–H groups in total. The molecular formula is C30H32BrF3N6O4. The van der Waals surface area contributed by atoms with Crippen molar-refractivity contribution >= 4 is 39.2 Å². The van der Waals surface area contributed by atoms with Crippen molar-refractivity contribution in [1.29, 1.82) is 0 Å². The van der Waals surface area contributed by atoms with Crippen LogP contribution in [0.2, 0.25) is 0 Å². The molecule has 3 atom stereocenters. The van der Waals surface area contributed by atoms with E-state index in [1.54, 1.807) is 0 Å². The molecule has 8 rings (SSSR count). The summed E-state index contributed by atoms with van der Waals surface area (Å²) in [6.07, 6.45) is 3.03. The summed E-state index contributed by atoms with van der Waals surface area (Å²) >= 11 is 2.93. The summed E-state index contributed by atoms with van der Waals surface area (Å²) in [5.41, 5.74) is 0.232. The van der Waals surface area contributed by atoms with E-state index in [1.807, 2.05) is 6.08 Å². The molecule has 1 saturated heterocycles. The Morgan fingerprint density at radius 2 is 1.91 bits per heavy atom. The second kappa shape index (κ2) is 10.7. The monoisotopic (exact) mass is 676 g/mol. The lowest BCUT2D eigenvalue weighted by Gasteiger charge is -2.74. The molecule has 1 aliphatic heterocycles. The van der Waals surface area contributed by atoms with Crippen LogP contribution in [0.5, 0.6) is 5.88 Å². The van der Waals surface area contributed by atoms with E-state index < -0.39 is 35.5 Å². The number of hydrogen-bond donors (Lipinski definition) is 3. The quantitative estimate of drug-likeness (QED) is 0.353.